The number of carbonyl (C=O) groups excluding carboxylic acids is 1. The number of hydrogen-bond acceptors (Lipinski definition) is 6. The average molecular weight is 406 g/mol. The number of anilines is 2. The van der Waals surface area contributed by atoms with Crippen LogP contribution < -0.4 is 20.7 Å². The van der Waals surface area contributed by atoms with Gasteiger partial charge in [0.15, 0.2) is 0 Å². The van der Waals surface area contributed by atoms with Crippen molar-refractivity contribution in [1.29, 1.82) is 0 Å². The number of nitrogens with one attached hydrogen (secondary N) is 3. The van der Waals surface area contributed by atoms with Crippen molar-refractivity contribution in [2.24, 2.45) is 0 Å². The fourth-order valence-corrected chi connectivity index (χ4v) is 3.11. The van der Waals surface area contributed by atoms with Gasteiger partial charge >= 0.3 is 6.03 Å². The fourth-order valence-electron chi connectivity index (χ4n) is 3.11. The van der Waals surface area contributed by atoms with E-state index in [-0.39, 0.29) is 12.1 Å². The second-order valence-electron chi connectivity index (χ2n) is 6.73. The van der Waals surface area contributed by atoms with Crippen molar-refractivity contribution in [3.05, 3.63) is 60.2 Å². The van der Waals surface area contributed by atoms with Gasteiger partial charge in [0.1, 0.15) is 11.6 Å². The summed E-state index contributed by atoms with van der Waals surface area (Å²) >= 11 is 0. The summed E-state index contributed by atoms with van der Waals surface area (Å²) < 4.78 is 5.44. The molecule has 0 fully saturated rings. The van der Waals surface area contributed by atoms with E-state index >= 15 is 0 Å². The highest BCUT2D eigenvalue weighted by atomic mass is 16.5. The lowest BCUT2D eigenvalue weighted by Crippen LogP contribution is -2.28. The molecule has 0 aliphatic carbocycles. The third-order valence-electron chi connectivity index (χ3n) is 4.60. The van der Waals surface area contributed by atoms with E-state index in [1.54, 1.807) is 31.8 Å². The maximum atomic E-state index is 11.8. The molecule has 0 aliphatic heterocycles. The van der Waals surface area contributed by atoms with Gasteiger partial charge in [-0.05, 0) is 44.5 Å². The maximum absolute atomic E-state index is 11.8. The van der Waals surface area contributed by atoms with Crippen molar-refractivity contribution < 1.29 is 9.53 Å². The highest BCUT2D eigenvalue weighted by Crippen LogP contribution is 2.30. The first-order valence-corrected chi connectivity index (χ1v) is 9.75. The van der Waals surface area contributed by atoms with Crippen molar-refractivity contribution in [2.75, 3.05) is 24.3 Å². The second-order valence-corrected chi connectivity index (χ2v) is 6.73. The molecule has 1 atom stereocenters. The summed E-state index contributed by atoms with van der Waals surface area (Å²) in [4.78, 5) is 25.2. The second kappa shape index (κ2) is 9.69. The van der Waals surface area contributed by atoms with E-state index in [1.807, 2.05) is 38.1 Å². The van der Waals surface area contributed by atoms with Crippen LogP contribution in [-0.2, 0) is 0 Å². The molecule has 8 nitrogen and oxygen atoms in total. The smallest absolute Gasteiger partial charge is 0.319 e. The Kier molecular flexibility index (Phi) is 6.79. The van der Waals surface area contributed by atoms with E-state index in [4.69, 9.17) is 4.74 Å². The quantitative estimate of drug-likeness (QED) is 0.544. The van der Waals surface area contributed by atoms with Crippen LogP contribution in [0, 0.1) is 6.92 Å². The van der Waals surface area contributed by atoms with Gasteiger partial charge in [0, 0.05) is 24.0 Å². The van der Waals surface area contributed by atoms with E-state index in [1.165, 1.54) is 0 Å². The van der Waals surface area contributed by atoms with Gasteiger partial charge in [-0.15, -0.1) is 0 Å². The molecule has 1 unspecified atom stereocenters. The van der Waals surface area contributed by atoms with Crippen molar-refractivity contribution in [3.63, 3.8) is 0 Å². The summed E-state index contributed by atoms with van der Waals surface area (Å²) in [6, 6.07) is 9.19. The van der Waals surface area contributed by atoms with Gasteiger partial charge in [-0.1, -0.05) is 12.1 Å². The highest BCUT2D eigenvalue weighted by Gasteiger charge is 2.12. The van der Waals surface area contributed by atoms with Crippen molar-refractivity contribution in [2.45, 2.75) is 26.8 Å². The molecule has 8 heteroatoms. The van der Waals surface area contributed by atoms with E-state index in [2.05, 4.69) is 37.8 Å². The van der Waals surface area contributed by atoms with Gasteiger partial charge in [-0.25, -0.2) is 9.78 Å². The van der Waals surface area contributed by atoms with Crippen LogP contribution in [0.2, 0.25) is 0 Å². The molecular weight excluding hydrogens is 380 g/mol. The van der Waals surface area contributed by atoms with Gasteiger partial charge in [0.25, 0.3) is 0 Å². The third kappa shape index (κ3) is 5.02. The van der Waals surface area contributed by atoms with Crippen LogP contribution in [0.25, 0.3) is 11.3 Å². The molecule has 0 aliphatic rings. The summed E-state index contributed by atoms with van der Waals surface area (Å²) in [5, 5.41) is 8.85. The molecule has 0 bridgehead atoms. The van der Waals surface area contributed by atoms with Gasteiger partial charge in [-0.3, -0.25) is 9.97 Å². The third-order valence-corrected chi connectivity index (χ3v) is 4.60. The molecule has 0 saturated heterocycles. The molecule has 0 saturated carbocycles. The number of amides is 2. The van der Waals surface area contributed by atoms with Crippen LogP contribution >= 0.6 is 0 Å². The molecule has 0 radical (unpaired) electrons. The lowest BCUT2D eigenvalue weighted by Gasteiger charge is -2.17. The normalized spacial score (nSPS) is 11.5. The van der Waals surface area contributed by atoms with Crippen LogP contribution in [0.4, 0.5) is 16.3 Å². The summed E-state index contributed by atoms with van der Waals surface area (Å²) in [5.41, 5.74) is 4.18. The van der Waals surface area contributed by atoms with E-state index in [0.717, 1.165) is 16.8 Å². The number of ether oxygens (including phenoxy) is 1. The van der Waals surface area contributed by atoms with Gasteiger partial charge < -0.3 is 20.7 Å². The van der Waals surface area contributed by atoms with E-state index in [0.29, 0.717) is 29.5 Å². The number of aryl methyl sites for hydroxylation is 1. The summed E-state index contributed by atoms with van der Waals surface area (Å²) in [6.45, 7) is 6.44. The molecule has 1 aromatic carbocycles. The Hall–Kier alpha value is -3.68. The Bertz CT molecular complexity index is 1020. The summed E-state index contributed by atoms with van der Waals surface area (Å²) in [5.74, 6) is 1.20. The fraction of sp³-hybridized carbons (Fsp3) is 0.273. The van der Waals surface area contributed by atoms with Crippen LogP contribution in [0.5, 0.6) is 5.75 Å². The lowest BCUT2D eigenvalue weighted by molar-refractivity contribution is 0.252. The minimum absolute atomic E-state index is 0.0291. The first-order valence-electron chi connectivity index (χ1n) is 9.75. The predicted molar refractivity (Wildman–Crippen MR) is 118 cm³/mol. The first-order chi connectivity index (χ1) is 14.5. The lowest BCUT2D eigenvalue weighted by atomic mass is 10.1. The largest absolute Gasteiger partial charge is 0.495 e. The molecule has 30 heavy (non-hydrogen) atoms. The molecule has 156 valence electrons. The van der Waals surface area contributed by atoms with E-state index in [9.17, 15) is 4.79 Å². The highest BCUT2D eigenvalue weighted by molar-refractivity contribution is 5.91. The summed E-state index contributed by atoms with van der Waals surface area (Å²) in [7, 11) is 1.56. The van der Waals surface area contributed by atoms with Crippen LogP contribution in [0.3, 0.4) is 0 Å². The Labute approximate surface area is 176 Å². The summed E-state index contributed by atoms with van der Waals surface area (Å²) in [6.07, 6.45) is 5.16. The maximum Gasteiger partial charge on any atom is 0.319 e. The average Bonchev–Trinajstić information content (AvgIpc) is 2.74. The molecular formula is C22H26N6O2. The number of rotatable bonds is 7. The number of urea groups is 1. The standard InChI is InChI=1S/C22H26N6O2/c1-5-24-22(29)28-18-9-8-16(11-20(18)30-4)19-12-23-13-21(27-19)26-15(3)17-7-6-10-25-14(17)2/h6-13,15H,5H2,1-4H3,(H,26,27)(H2,24,28,29). The van der Waals surface area contributed by atoms with Crippen LogP contribution in [-0.4, -0.2) is 34.6 Å². The minimum Gasteiger partial charge on any atom is -0.495 e. The topological polar surface area (TPSA) is 101 Å². The number of pyridine rings is 1. The molecule has 3 aromatic rings. The van der Waals surface area contributed by atoms with Crippen LogP contribution in [0.1, 0.15) is 31.1 Å². The Balaban J connectivity index is 1.81. The SMILES string of the molecule is CCNC(=O)Nc1ccc(-c2cncc(NC(C)c3cccnc3C)n2)cc1OC. The molecule has 2 amide bonds. The minimum atomic E-state index is -0.283. The van der Waals surface area contributed by atoms with Crippen LogP contribution in [0.15, 0.2) is 48.9 Å². The molecule has 0 spiro atoms. The number of aromatic nitrogens is 3. The Morgan fingerprint density at radius 1 is 1.23 bits per heavy atom. The number of methoxy groups -OCH3 is 1. The Morgan fingerprint density at radius 2 is 2.07 bits per heavy atom. The number of benzene rings is 1. The molecule has 2 aromatic heterocycles. The van der Waals surface area contributed by atoms with Crippen molar-refractivity contribution in [3.8, 4) is 17.0 Å². The zero-order chi connectivity index (χ0) is 21.5. The number of carbonyl (C=O) groups is 1. The monoisotopic (exact) mass is 406 g/mol. The number of nitrogens with zero attached hydrogens (tertiary/aromatic N) is 3. The molecule has 3 rings (SSSR count). The van der Waals surface area contributed by atoms with Gasteiger partial charge in [0.05, 0.1) is 36.9 Å². The van der Waals surface area contributed by atoms with Crippen molar-refractivity contribution >= 4 is 17.5 Å². The molecule has 3 N–H and O–H groups in total. The predicted octanol–water partition coefficient (Wildman–Crippen LogP) is 4.17. The number of hydrogen-bond donors (Lipinski definition) is 3. The zero-order valence-electron chi connectivity index (χ0n) is 17.6. The van der Waals surface area contributed by atoms with Gasteiger partial charge in [-0.2, -0.15) is 0 Å². The van der Waals surface area contributed by atoms with E-state index < -0.39 is 0 Å². The molecule has 2 heterocycles. The zero-order valence-corrected chi connectivity index (χ0v) is 17.6. The van der Waals surface area contributed by atoms with Gasteiger partial charge in [0.2, 0.25) is 0 Å². The first kappa shape index (κ1) is 21.0. The van der Waals surface area contributed by atoms with Crippen molar-refractivity contribution in [1.82, 2.24) is 20.3 Å². The Morgan fingerprint density at radius 3 is 2.80 bits per heavy atom.